The van der Waals surface area contributed by atoms with Gasteiger partial charge in [-0.1, -0.05) is 28.1 Å². The molecule has 2 N–H and O–H groups in total. The van der Waals surface area contributed by atoms with Crippen LogP contribution in [-0.2, 0) is 21.2 Å². The van der Waals surface area contributed by atoms with Gasteiger partial charge in [0, 0.05) is 22.8 Å². The van der Waals surface area contributed by atoms with Gasteiger partial charge in [-0.3, -0.25) is 9.78 Å². The van der Waals surface area contributed by atoms with Crippen LogP contribution in [0, 0.1) is 18.3 Å². The second kappa shape index (κ2) is 10.4. The second-order valence-corrected chi connectivity index (χ2v) is 10.3. The summed E-state index contributed by atoms with van der Waals surface area (Å²) >= 11 is 3.25. The van der Waals surface area contributed by atoms with Gasteiger partial charge in [0.1, 0.15) is 18.1 Å². The third kappa shape index (κ3) is 5.92. The van der Waals surface area contributed by atoms with Crippen LogP contribution in [0.5, 0.6) is 0 Å². The number of nitrogens with zero attached hydrogens (tertiary/aromatic N) is 3. The number of benzene rings is 2. The van der Waals surface area contributed by atoms with Gasteiger partial charge in [0.2, 0.25) is 15.9 Å². The molecule has 0 spiro atoms. The van der Waals surface area contributed by atoms with Crippen molar-refractivity contribution in [1.29, 1.82) is 5.26 Å². The van der Waals surface area contributed by atoms with Gasteiger partial charge in [-0.05, 0) is 60.5 Å². The minimum atomic E-state index is -4.05. The quantitative estimate of drug-likeness (QED) is 0.318. The Bertz CT molecular complexity index is 1550. The zero-order chi connectivity index (χ0) is 25.0. The Balaban J connectivity index is 1.62. The molecule has 1 amide bonds. The van der Waals surface area contributed by atoms with Gasteiger partial charge in [-0.25, -0.2) is 13.4 Å². The van der Waals surface area contributed by atoms with Crippen LogP contribution in [0.2, 0.25) is 0 Å². The van der Waals surface area contributed by atoms with E-state index in [1.54, 1.807) is 24.4 Å². The minimum Gasteiger partial charge on any atom is -0.441 e. The average Bonchev–Trinajstić information content (AvgIpc) is 3.23. The molecule has 2 heterocycles. The number of amides is 1. The molecular weight excluding hydrogens is 534 g/mol. The van der Waals surface area contributed by atoms with Crippen LogP contribution >= 0.6 is 15.9 Å². The number of aromatic nitrogens is 2. The highest BCUT2D eigenvalue weighted by atomic mass is 79.9. The highest BCUT2D eigenvalue weighted by Gasteiger charge is 2.28. The van der Waals surface area contributed by atoms with Crippen LogP contribution in [0.4, 0.5) is 0 Å². The standard InChI is InChI=1S/C24H20BrN5O4S/c1-15-11-17(7-9-27-15)16-5-6-20-22(12-16)34-23(29-20)14-21(24(31)28-10-8-26)30-35(32,33)19-4-2-3-18(25)13-19/h2-7,9,11-13,21,30H,10,14H2,1H3,(H,28,31)/t21-/m0/s1. The fraction of sp³-hybridized carbons (Fsp3) is 0.167. The third-order valence-corrected chi connectivity index (χ3v) is 7.07. The summed E-state index contributed by atoms with van der Waals surface area (Å²) in [6.45, 7) is 1.64. The summed E-state index contributed by atoms with van der Waals surface area (Å²) in [5.41, 5.74) is 3.82. The summed E-state index contributed by atoms with van der Waals surface area (Å²) in [5, 5.41) is 11.2. The lowest BCUT2D eigenvalue weighted by atomic mass is 10.1. The minimum absolute atomic E-state index is 0.0141. The molecule has 4 rings (SSSR count). The van der Waals surface area contributed by atoms with E-state index in [0.29, 0.717) is 15.6 Å². The van der Waals surface area contributed by atoms with Crippen LogP contribution in [-0.4, -0.2) is 36.9 Å². The molecular formula is C24H20BrN5O4S. The predicted molar refractivity (Wildman–Crippen MR) is 133 cm³/mol. The van der Waals surface area contributed by atoms with Gasteiger partial charge in [-0.2, -0.15) is 9.98 Å². The molecule has 4 aromatic rings. The Morgan fingerprint density at radius 2 is 1.97 bits per heavy atom. The SMILES string of the molecule is Cc1cc(-c2ccc3nc(C[C@H](NS(=O)(=O)c4cccc(Br)c4)C(=O)NCC#N)oc3c2)ccn1. The number of aryl methyl sites for hydroxylation is 1. The Kier molecular flexibility index (Phi) is 7.25. The predicted octanol–water partition coefficient (Wildman–Crippen LogP) is 3.49. The lowest BCUT2D eigenvalue weighted by molar-refractivity contribution is -0.122. The summed E-state index contributed by atoms with van der Waals surface area (Å²) in [7, 11) is -4.05. The van der Waals surface area contributed by atoms with Gasteiger partial charge < -0.3 is 9.73 Å². The summed E-state index contributed by atoms with van der Waals surface area (Å²) in [6.07, 6.45) is 1.57. The average molecular weight is 554 g/mol. The maximum absolute atomic E-state index is 12.9. The van der Waals surface area contributed by atoms with Gasteiger partial charge in [0.25, 0.3) is 0 Å². The molecule has 0 aliphatic carbocycles. The molecule has 35 heavy (non-hydrogen) atoms. The van der Waals surface area contributed by atoms with E-state index in [9.17, 15) is 13.2 Å². The number of rotatable bonds is 8. The fourth-order valence-electron chi connectivity index (χ4n) is 3.47. The number of carbonyl (C=O) groups excluding carboxylic acids is 1. The van der Waals surface area contributed by atoms with Gasteiger partial charge >= 0.3 is 0 Å². The van der Waals surface area contributed by atoms with Gasteiger partial charge in [0.05, 0.1) is 11.0 Å². The molecule has 178 valence electrons. The van der Waals surface area contributed by atoms with Gasteiger partial charge in [0.15, 0.2) is 11.5 Å². The molecule has 9 nitrogen and oxygen atoms in total. The van der Waals surface area contributed by atoms with Crippen molar-refractivity contribution in [1.82, 2.24) is 20.0 Å². The van der Waals surface area contributed by atoms with E-state index in [4.69, 9.17) is 9.68 Å². The largest absolute Gasteiger partial charge is 0.441 e. The van der Waals surface area contributed by atoms with Crippen LogP contribution in [0.3, 0.4) is 0 Å². The molecule has 1 atom stereocenters. The number of carbonyl (C=O) groups is 1. The van der Waals surface area contributed by atoms with Crippen molar-refractivity contribution in [2.75, 3.05) is 6.54 Å². The van der Waals surface area contributed by atoms with E-state index in [1.807, 2.05) is 37.3 Å². The Morgan fingerprint density at radius 3 is 2.71 bits per heavy atom. The fourth-order valence-corrected chi connectivity index (χ4v) is 5.26. The van der Waals surface area contributed by atoms with E-state index in [2.05, 4.69) is 35.9 Å². The van der Waals surface area contributed by atoms with E-state index in [0.717, 1.165) is 16.8 Å². The molecule has 0 saturated heterocycles. The molecule has 2 aromatic heterocycles. The summed E-state index contributed by atoms with van der Waals surface area (Å²) in [5.74, 6) is -0.488. The maximum atomic E-state index is 12.9. The zero-order valence-corrected chi connectivity index (χ0v) is 20.9. The molecule has 0 saturated carbocycles. The van der Waals surface area contributed by atoms with Gasteiger partial charge in [-0.15, -0.1) is 0 Å². The number of hydrogen-bond donors (Lipinski definition) is 2. The summed E-state index contributed by atoms with van der Waals surface area (Å²) in [4.78, 5) is 21.3. The molecule has 0 aliphatic rings. The lowest BCUT2D eigenvalue weighted by Crippen LogP contribution is -2.48. The number of oxazole rings is 1. The molecule has 2 aromatic carbocycles. The molecule has 0 aliphatic heterocycles. The first-order chi connectivity index (χ1) is 16.7. The smallest absolute Gasteiger partial charge is 0.241 e. The lowest BCUT2D eigenvalue weighted by Gasteiger charge is -2.16. The highest BCUT2D eigenvalue weighted by Crippen LogP contribution is 2.26. The molecule has 0 bridgehead atoms. The number of halogens is 1. The Morgan fingerprint density at radius 1 is 1.17 bits per heavy atom. The molecule has 0 unspecified atom stereocenters. The van der Waals surface area contributed by atoms with Crippen LogP contribution in [0.1, 0.15) is 11.6 Å². The number of fused-ring (bicyclic) bond motifs is 1. The Hall–Kier alpha value is -3.59. The van der Waals surface area contributed by atoms with Crippen molar-refractivity contribution in [3.8, 4) is 17.2 Å². The van der Waals surface area contributed by atoms with E-state index >= 15 is 0 Å². The van der Waals surface area contributed by atoms with Crippen molar-refractivity contribution in [2.24, 2.45) is 0 Å². The normalized spacial score (nSPS) is 12.3. The maximum Gasteiger partial charge on any atom is 0.241 e. The number of pyridine rings is 1. The van der Waals surface area contributed by atoms with Crippen molar-refractivity contribution >= 4 is 43.0 Å². The number of nitrogens with one attached hydrogen (secondary N) is 2. The van der Waals surface area contributed by atoms with Crippen LogP contribution in [0.15, 0.2) is 74.6 Å². The van der Waals surface area contributed by atoms with Crippen LogP contribution < -0.4 is 10.0 Å². The monoisotopic (exact) mass is 553 g/mol. The third-order valence-electron chi connectivity index (χ3n) is 5.10. The number of nitriles is 1. The second-order valence-electron chi connectivity index (χ2n) is 7.69. The van der Waals surface area contributed by atoms with Crippen LogP contribution in [0.25, 0.3) is 22.2 Å². The van der Waals surface area contributed by atoms with Crippen molar-refractivity contribution in [3.63, 3.8) is 0 Å². The molecule has 0 radical (unpaired) electrons. The van der Waals surface area contributed by atoms with Crippen molar-refractivity contribution in [3.05, 3.63) is 76.9 Å². The first kappa shape index (κ1) is 24.5. The van der Waals surface area contributed by atoms with E-state index < -0.39 is 22.0 Å². The van der Waals surface area contributed by atoms with Crippen molar-refractivity contribution < 1.29 is 17.6 Å². The molecule has 11 heteroatoms. The number of sulfonamides is 1. The summed E-state index contributed by atoms with van der Waals surface area (Å²) in [6, 6.07) is 16.0. The van der Waals surface area contributed by atoms with Crippen molar-refractivity contribution in [2.45, 2.75) is 24.3 Å². The molecule has 0 fully saturated rings. The van der Waals surface area contributed by atoms with E-state index in [1.165, 1.54) is 12.1 Å². The first-order valence-electron chi connectivity index (χ1n) is 10.5. The Labute approximate surface area is 210 Å². The highest BCUT2D eigenvalue weighted by molar-refractivity contribution is 9.10. The topological polar surface area (TPSA) is 138 Å². The van der Waals surface area contributed by atoms with E-state index in [-0.39, 0.29) is 23.8 Å². The summed E-state index contributed by atoms with van der Waals surface area (Å²) < 4.78 is 34.7. The number of hydrogen-bond acceptors (Lipinski definition) is 7. The first-order valence-corrected chi connectivity index (χ1v) is 12.8. The zero-order valence-electron chi connectivity index (χ0n) is 18.5.